The third kappa shape index (κ3) is 4.36. The van der Waals surface area contributed by atoms with E-state index in [0.717, 1.165) is 5.76 Å². The van der Waals surface area contributed by atoms with Crippen molar-refractivity contribution in [1.29, 1.82) is 0 Å². The standard InChI is InChI=1S/C20H22N4O4S2/c1-2-13-29-20-22-21-19(24(20)15-17-6-4-10-28-17)16-5-3-7-18(14-16)30(25,26)23-8-11-27-12-9-23/h2-7,10,14H,1,8-9,11-13,15H2. The van der Waals surface area contributed by atoms with Gasteiger partial charge in [-0.05, 0) is 24.3 Å². The second kappa shape index (κ2) is 9.17. The lowest BCUT2D eigenvalue weighted by atomic mass is 10.2. The van der Waals surface area contributed by atoms with E-state index in [4.69, 9.17) is 9.15 Å². The molecule has 0 saturated carbocycles. The van der Waals surface area contributed by atoms with Gasteiger partial charge in [-0.1, -0.05) is 30.0 Å². The Labute approximate surface area is 179 Å². The summed E-state index contributed by atoms with van der Waals surface area (Å²) in [5, 5.41) is 9.36. The number of furan rings is 1. The molecule has 30 heavy (non-hydrogen) atoms. The number of benzene rings is 1. The van der Waals surface area contributed by atoms with E-state index in [1.165, 1.54) is 16.1 Å². The van der Waals surface area contributed by atoms with Crippen LogP contribution in [0.2, 0.25) is 0 Å². The summed E-state index contributed by atoms with van der Waals surface area (Å²) in [7, 11) is -3.60. The predicted molar refractivity (Wildman–Crippen MR) is 114 cm³/mol. The Morgan fingerprint density at radius 2 is 2.00 bits per heavy atom. The fourth-order valence-electron chi connectivity index (χ4n) is 3.18. The molecule has 0 amide bonds. The number of rotatable bonds is 8. The Morgan fingerprint density at radius 3 is 2.73 bits per heavy atom. The molecule has 1 aliphatic rings. The first-order valence-corrected chi connectivity index (χ1v) is 11.9. The van der Waals surface area contributed by atoms with Gasteiger partial charge in [-0.15, -0.1) is 16.8 Å². The van der Waals surface area contributed by atoms with Crippen molar-refractivity contribution in [3.05, 3.63) is 61.1 Å². The SMILES string of the molecule is C=CCSc1nnc(-c2cccc(S(=O)(=O)N3CCOCC3)c2)n1Cc1ccco1. The predicted octanol–water partition coefficient (Wildman–Crippen LogP) is 2.89. The summed E-state index contributed by atoms with van der Waals surface area (Å²) >= 11 is 1.51. The molecular weight excluding hydrogens is 424 g/mol. The average molecular weight is 447 g/mol. The molecule has 0 spiro atoms. The van der Waals surface area contributed by atoms with Crippen LogP contribution in [0.5, 0.6) is 0 Å². The first-order chi connectivity index (χ1) is 14.6. The minimum atomic E-state index is -3.60. The molecule has 10 heteroatoms. The zero-order chi connectivity index (χ0) is 21.0. The number of ether oxygens (including phenoxy) is 1. The lowest BCUT2D eigenvalue weighted by molar-refractivity contribution is 0.0730. The van der Waals surface area contributed by atoms with Crippen molar-refractivity contribution in [2.75, 3.05) is 32.1 Å². The molecule has 0 N–H and O–H groups in total. The number of sulfonamides is 1. The van der Waals surface area contributed by atoms with Crippen molar-refractivity contribution in [3.63, 3.8) is 0 Å². The van der Waals surface area contributed by atoms with E-state index in [1.807, 2.05) is 22.8 Å². The molecule has 158 valence electrons. The number of hydrogen-bond donors (Lipinski definition) is 0. The van der Waals surface area contributed by atoms with E-state index in [9.17, 15) is 8.42 Å². The minimum Gasteiger partial charge on any atom is -0.467 e. The molecule has 1 aromatic carbocycles. The number of thioether (sulfide) groups is 1. The van der Waals surface area contributed by atoms with E-state index >= 15 is 0 Å². The Hall–Kier alpha value is -2.40. The monoisotopic (exact) mass is 446 g/mol. The van der Waals surface area contributed by atoms with Crippen molar-refractivity contribution in [1.82, 2.24) is 19.1 Å². The van der Waals surface area contributed by atoms with Gasteiger partial charge in [0.25, 0.3) is 0 Å². The van der Waals surface area contributed by atoms with Crippen molar-refractivity contribution in [3.8, 4) is 11.4 Å². The van der Waals surface area contributed by atoms with E-state index in [0.29, 0.717) is 55.1 Å². The van der Waals surface area contributed by atoms with Gasteiger partial charge in [0.2, 0.25) is 10.0 Å². The first kappa shape index (κ1) is 20.9. The minimum absolute atomic E-state index is 0.231. The van der Waals surface area contributed by atoms with Crippen molar-refractivity contribution < 1.29 is 17.6 Å². The maximum Gasteiger partial charge on any atom is 0.243 e. The summed E-state index contributed by atoms with van der Waals surface area (Å²) in [4.78, 5) is 0.231. The molecule has 1 saturated heterocycles. The van der Waals surface area contributed by atoms with Gasteiger partial charge < -0.3 is 9.15 Å². The smallest absolute Gasteiger partial charge is 0.243 e. The Balaban J connectivity index is 1.71. The van der Waals surface area contributed by atoms with E-state index in [2.05, 4.69) is 16.8 Å². The van der Waals surface area contributed by atoms with Crippen LogP contribution in [0, 0.1) is 0 Å². The van der Waals surface area contributed by atoms with Crippen LogP contribution < -0.4 is 0 Å². The number of aromatic nitrogens is 3. The molecule has 0 unspecified atom stereocenters. The summed E-state index contributed by atoms with van der Waals surface area (Å²) in [5.41, 5.74) is 0.675. The molecule has 3 heterocycles. The van der Waals surface area contributed by atoms with E-state index in [-0.39, 0.29) is 4.90 Å². The van der Waals surface area contributed by atoms with Gasteiger partial charge in [0.15, 0.2) is 11.0 Å². The lowest BCUT2D eigenvalue weighted by Gasteiger charge is -2.26. The van der Waals surface area contributed by atoms with Gasteiger partial charge in [0, 0.05) is 24.4 Å². The molecule has 2 aromatic heterocycles. The number of morpholine rings is 1. The highest BCUT2D eigenvalue weighted by molar-refractivity contribution is 7.99. The normalized spacial score (nSPS) is 15.3. The van der Waals surface area contributed by atoms with Crippen LogP contribution in [0.15, 0.2) is 69.8 Å². The van der Waals surface area contributed by atoms with Gasteiger partial charge in [0.05, 0.1) is 30.9 Å². The summed E-state index contributed by atoms with van der Waals surface area (Å²) in [6.07, 6.45) is 3.41. The fraction of sp³-hybridized carbons (Fsp3) is 0.300. The second-order valence-corrected chi connectivity index (χ2v) is 9.54. The van der Waals surface area contributed by atoms with Crippen LogP contribution in [-0.4, -0.2) is 59.5 Å². The highest BCUT2D eigenvalue weighted by atomic mass is 32.2. The molecule has 0 bridgehead atoms. The Bertz CT molecular complexity index is 1100. The molecule has 1 aliphatic heterocycles. The van der Waals surface area contributed by atoms with Gasteiger partial charge >= 0.3 is 0 Å². The molecule has 4 rings (SSSR count). The summed E-state index contributed by atoms with van der Waals surface area (Å²) in [6, 6.07) is 10.5. The zero-order valence-corrected chi connectivity index (χ0v) is 17.9. The Kier molecular flexibility index (Phi) is 6.38. The van der Waals surface area contributed by atoms with Crippen molar-refractivity contribution in [2.24, 2.45) is 0 Å². The van der Waals surface area contributed by atoms with Crippen molar-refractivity contribution in [2.45, 2.75) is 16.6 Å². The zero-order valence-electron chi connectivity index (χ0n) is 16.3. The lowest BCUT2D eigenvalue weighted by Crippen LogP contribution is -2.40. The van der Waals surface area contributed by atoms with Crippen LogP contribution in [0.4, 0.5) is 0 Å². The van der Waals surface area contributed by atoms with E-state index < -0.39 is 10.0 Å². The summed E-state index contributed by atoms with van der Waals surface area (Å²) < 4.78 is 40.3. The molecule has 3 aromatic rings. The fourth-order valence-corrected chi connectivity index (χ4v) is 5.30. The van der Waals surface area contributed by atoms with Crippen molar-refractivity contribution >= 4 is 21.8 Å². The maximum absolute atomic E-state index is 13.1. The first-order valence-electron chi connectivity index (χ1n) is 9.47. The largest absolute Gasteiger partial charge is 0.467 e. The molecule has 0 aliphatic carbocycles. The van der Waals surface area contributed by atoms with Crippen LogP contribution >= 0.6 is 11.8 Å². The average Bonchev–Trinajstić information content (AvgIpc) is 3.43. The van der Waals surface area contributed by atoms with Gasteiger partial charge in [0.1, 0.15) is 5.76 Å². The topological polar surface area (TPSA) is 90.5 Å². The molecule has 0 radical (unpaired) electrons. The second-order valence-electron chi connectivity index (χ2n) is 6.62. The highest BCUT2D eigenvalue weighted by Gasteiger charge is 2.27. The summed E-state index contributed by atoms with van der Waals surface area (Å²) in [6.45, 7) is 5.70. The summed E-state index contributed by atoms with van der Waals surface area (Å²) in [5.74, 6) is 2.02. The molecule has 8 nitrogen and oxygen atoms in total. The Morgan fingerprint density at radius 1 is 1.17 bits per heavy atom. The van der Waals surface area contributed by atoms with Gasteiger partial charge in [-0.3, -0.25) is 4.57 Å². The van der Waals surface area contributed by atoms with E-state index in [1.54, 1.807) is 30.5 Å². The van der Waals surface area contributed by atoms with Gasteiger partial charge in [-0.2, -0.15) is 4.31 Å². The number of hydrogen-bond acceptors (Lipinski definition) is 7. The van der Waals surface area contributed by atoms with Gasteiger partial charge in [-0.25, -0.2) is 8.42 Å². The van der Waals surface area contributed by atoms with Crippen LogP contribution in [-0.2, 0) is 21.3 Å². The number of nitrogens with zero attached hydrogens (tertiary/aromatic N) is 4. The molecule has 0 atom stereocenters. The van der Waals surface area contributed by atoms with Crippen LogP contribution in [0.25, 0.3) is 11.4 Å². The van der Waals surface area contributed by atoms with Crippen LogP contribution in [0.3, 0.4) is 0 Å². The quantitative estimate of drug-likeness (QED) is 0.388. The maximum atomic E-state index is 13.1. The molecule has 1 fully saturated rings. The third-order valence-electron chi connectivity index (χ3n) is 4.64. The molecular formula is C20H22N4O4S2. The third-order valence-corrected chi connectivity index (χ3v) is 7.50. The van der Waals surface area contributed by atoms with Crippen LogP contribution in [0.1, 0.15) is 5.76 Å². The highest BCUT2D eigenvalue weighted by Crippen LogP contribution is 2.28.